The first kappa shape index (κ1) is 13.7. The second kappa shape index (κ2) is 6.01. The normalized spacial score (nSPS) is 10.7. The first-order valence-corrected chi connectivity index (χ1v) is 7.41. The standard InChI is InChI=1S/C16H14N2O2S/c1-20-15-7-6-11(10-17-15)8-12(19)9-16-18-13-4-2-3-5-14(13)21-16/h2-7,10H,8-9H2,1H3. The predicted molar refractivity (Wildman–Crippen MR) is 82.8 cm³/mol. The Kier molecular flexibility index (Phi) is 3.92. The maximum Gasteiger partial charge on any atom is 0.212 e. The number of rotatable bonds is 5. The number of hydrogen-bond donors (Lipinski definition) is 0. The number of Topliss-reactive ketones (excluding diaryl/α,β-unsaturated/α-hetero) is 1. The second-order valence-corrected chi connectivity index (χ2v) is 5.79. The van der Waals surface area contributed by atoms with E-state index in [4.69, 9.17) is 4.74 Å². The van der Waals surface area contributed by atoms with E-state index in [1.165, 1.54) is 0 Å². The van der Waals surface area contributed by atoms with E-state index in [1.54, 1.807) is 30.7 Å². The van der Waals surface area contributed by atoms with Crippen molar-refractivity contribution in [3.05, 3.63) is 53.2 Å². The summed E-state index contributed by atoms with van der Waals surface area (Å²) in [6.07, 6.45) is 2.41. The predicted octanol–water partition coefficient (Wildman–Crippen LogP) is 3.05. The van der Waals surface area contributed by atoms with Crippen molar-refractivity contribution in [3.8, 4) is 5.88 Å². The first-order valence-electron chi connectivity index (χ1n) is 6.59. The minimum absolute atomic E-state index is 0.140. The summed E-state index contributed by atoms with van der Waals surface area (Å²) in [4.78, 5) is 20.7. The zero-order valence-corrected chi connectivity index (χ0v) is 12.4. The van der Waals surface area contributed by atoms with Crippen molar-refractivity contribution in [1.29, 1.82) is 0 Å². The molecule has 0 aliphatic carbocycles. The fourth-order valence-corrected chi connectivity index (χ4v) is 3.09. The SMILES string of the molecule is COc1ccc(CC(=O)Cc2nc3ccccc3s2)cn1. The highest BCUT2D eigenvalue weighted by atomic mass is 32.1. The van der Waals surface area contributed by atoms with Crippen molar-refractivity contribution in [2.75, 3.05) is 7.11 Å². The van der Waals surface area contributed by atoms with E-state index in [1.807, 2.05) is 30.3 Å². The summed E-state index contributed by atoms with van der Waals surface area (Å²) in [5.74, 6) is 0.693. The molecule has 2 heterocycles. The van der Waals surface area contributed by atoms with Crippen LogP contribution in [0.2, 0.25) is 0 Å². The molecule has 0 unspecified atom stereocenters. The molecule has 0 amide bonds. The summed E-state index contributed by atoms with van der Waals surface area (Å²) in [5.41, 5.74) is 1.85. The molecule has 0 radical (unpaired) electrons. The molecule has 21 heavy (non-hydrogen) atoms. The summed E-state index contributed by atoms with van der Waals surface area (Å²) in [5, 5.41) is 0.864. The number of carbonyl (C=O) groups excluding carboxylic acids is 1. The molecule has 0 N–H and O–H groups in total. The third-order valence-electron chi connectivity index (χ3n) is 3.09. The van der Waals surface area contributed by atoms with Crippen molar-refractivity contribution in [3.63, 3.8) is 0 Å². The fraction of sp³-hybridized carbons (Fsp3) is 0.188. The molecular formula is C16H14N2O2S. The van der Waals surface area contributed by atoms with Crippen LogP contribution in [0.5, 0.6) is 5.88 Å². The van der Waals surface area contributed by atoms with Crippen molar-refractivity contribution in [1.82, 2.24) is 9.97 Å². The number of carbonyl (C=O) groups is 1. The smallest absolute Gasteiger partial charge is 0.212 e. The van der Waals surface area contributed by atoms with Crippen molar-refractivity contribution in [2.45, 2.75) is 12.8 Å². The van der Waals surface area contributed by atoms with Gasteiger partial charge in [0.25, 0.3) is 0 Å². The molecule has 4 nitrogen and oxygen atoms in total. The highest BCUT2D eigenvalue weighted by Crippen LogP contribution is 2.22. The van der Waals surface area contributed by atoms with Crippen LogP contribution >= 0.6 is 11.3 Å². The molecule has 0 spiro atoms. The molecule has 0 aliphatic rings. The number of pyridine rings is 1. The number of nitrogens with zero attached hydrogens (tertiary/aromatic N) is 2. The molecule has 5 heteroatoms. The van der Waals surface area contributed by atoms with E-state index < -0.39 is 0 Å². The van der Waals surface area contributed by atoms with Gasteiger partial charge in [-0.3, -0.25) is 4.79 Å². The topological polar surface area (TPSA) is 52.1 Å². The Bertz CT molecular complexity index is 732. The quantitative estimate of drug-likeness (QED) is 0.726. The Labute approximate surface area is 126 Å². The number of ether oxygens (including phenoxy) is 1. The van der Waals surface area contributed by atoms with E-state index >= 15 is 0 Å². The molecule has 0 saturated carbocycles. The maximum atomic E-state index is 12.1. The van der Waals surface area contributed by atoms with Gasteiger partial charge < -0.3 is 4.74 Å². The van der Waals surface area contributed by atoms with E-state index in [2.05, 4.69) is 9.97 Å². The number of fused-ring (bicyclic) bond motifs is 1. The minimum Gasteiger partial charge on any atom is -0.481 e. The average Bonchev–Trinajstić information content (AvgIpc) is 2.90. The Hall–Kier alpha value is -2.27. The number of thiazole rings is 1. The Morgan fingerprint density at radius 2 is 2.05 bits per heavy atom. The van der Waals surface area contributed by atoms with Gasteiger partial charge in [0, 0.05) is 18.7 Å². The lowest BCUT2D eigenvalue weighted by molar-refractivity contribution is -0.117. The lowest BCUT2D eigenvalue weighted by atomic mass is 10.1. The van der Waals surface area contributed by atoms with Gasteiger partial charge in [0.05, 0.1) is 23.7 Å². The molecule has 0 saturated heterocycles. The molecule has 0 atom stereocenters. The summed E-state index contributed by atoms with van der Waals surface area (Å²) >= 11 is 1.57. The molecule has 2 aromatic heterocycles. The van der Waals surface area contributed by atoms with Crippen LogP contribution in [0.3, 0.4) is 0 Å². The van der Waals surface area contributed by atoms with E-state index in [0.29, 0.717) is 18.7 Å². The minimum atomic E-state index is 0.140. The molecule has 1 aromatic carbocycles. The van der Waals surface area contributed by atoms with Crippen LogP contribution in [-0.2, 0) is 17.6 Å². The number of aromatic nitrogens is 2. The van der Waals surface area contributed by atoms with Gasteiger partial charge in [-0.2, -0.15) is 0 Å². The number of hydrogen-bond acceptors (Lipinski definition) is 5. The van der Waals surface area contributed by atoms with Crippen LogP contribution in [-0.4, -0.2) is 22.9 Å². The Morgan fingerprint density at radius 3 is 2.76 bits per heavy atom. The molecule has 0 aliphatic heterocycles. The molecule has 3 aromatic rings. The van der Waals surface area contributed by atoms with Crippen molar-refractivity contribution < 1.29 is 9.53 Å². The number of para-hydroxylation sites is 1. The molecule has 0 bridgehead atoms. The Balaban J connectivity index is 1.67. The van der Waals surface area contributed by atoms with E-state index in [-0.39, 0.29) is 5.78 Å². The molecule has 3 rings (SSSR count). The zero-order valence-electron chi connectivity index (χ0n) is 11.6. The van der Waals surface area contributed by atoms with Crippen LogP contribution in [0.25, 0.3) is 10.2 Å². The molecular weight excluding hydrogens is 284 g/mol. The third-order valence-corrected chi connectivity index (χ3v) is 4.13. The second-order valence-electron chi connectivity index (χ2n) is 4.68. The monoisotopic (exact) mass is 298 g/mol. The van der Waals surface area contributed by atoms with Gasteiger partial charge in [-0.15, -0.1) is 11.3 Å². The van der Waals surface area contributed by atoms with Gasteiger partial charge in [0.15, 0.2) is 0 Å². The van der Waals surface area contributed by atoms with Gasteiger partial charge in [-0.05, 0) is 17.7 Å². The summed E-state index contributed by atoms with van der Waals surface area (Å²) in [7, 11) is 1.57. The highest BCUT2D eigenvalue weighted by Gasteiger charge is 2.10. The van der Waals surface area contributed by atoms with Gasteiger partial charge >= 0.3 is 0 Å². The van der Waals surface area contributed by atoms with Crippen LogP contribution in [0.4, 0.5) is 0 Å². The summed E-state index contributed by atoms with van der Waals surface area (Å²) < 4.78 is 6.12. The van der Waals surface area contributed by atoms with Crippen LogP contribution in [0, 0.1) is 0 Å². The van der Waals surface area contributed by atoms with Crippen LogP contribution in [0.1, 0.15) is 10.6 Å². The zero-order chi connectivity index (χ0) is 14.7. The van der Waals surface area contributed by atoms with Crippen LogP contribution in [0.15, 0.2) is 42.6 Å². The van der Waals surface area contributed by atoms with Crippen molar-refractivity contribution >= 4 is 27.3 Å². The molecule has 106 valence electrons. The molecule has 0 fully saturated rings. The lowest BCUT2D eigenvalue weighted by Gasteiger charge is -2.01. The van der Waals surface area contributed by atoms with Crippen LogP contribution < -0.4 is 4.74 Å². The first-order chi connectivity index (χ1) is 10.2. The third kappa shape index (κ3) is 3.25. The number of methoxy groups -OCH3 is 1. The summed E-state index contributed by atoms with van der Waals surface area (Å²) in [6.45, 7) is 0. The highest BCUT2D eigenvalue weighted by molar-refractivity contribution is 7.18. The van der Waals surface area contributed by atoms with E-state index in [9.17, 15) is 4.79 Å². The number of ketones is 1. The van der Waals surface area contributed by atoms with Gasteiger partial charge in [-0.25, -0.2) is 9.97 Å². The fourth-order valence-electron chi connectivity index (χ4n) is 2.09. The number of benzene rings is 1. The van der Waals surface area contributed by atoms with E-state index in [0.717, 1.165) is 20.8 Å². The summed E-state index contributed by atoms with van der Waals surface area (Å²) in [6, 6.07) is 11.6. The van der Waals surface area contributed by atoms with Gasteiger partial charge in [0.2, 0.25) is 5.88 Å². The largest absolute Gasteiger partial charge is 0.481 e. The Morgan fingerprint density at radius 1 is 1.19 bits per heavy atom. The van der Waals surface area contributed by atoms with Gasteiger partial charge in [0.1, 0.15) is 10.8 Å². The maximum absolute atomic E-state index is 12.1. The van der Waals surface area contributed by atoms with Crippen molar-refractivity contribution in [2.24, 2.45) is 0 Å². The average molecular weight is 298 g/mol. The lowest BCUT2D eigenvalue weighted by Crippen LogP contribution is -2.06. The van der Waals surface area contributed by atoms with Gasteiger partial charge in [-0.1, -0.05) is 18.2 Å².